The molecule has 0 fully saturated rings. The molecule has 0 aliphatic rings. The number of hydrogen-bond acceptors (Lipinski definition) is 8. The number of ketones is 1. The maximum absolute atomic E-state index is 13.2. The number of carbonyl (C=O) groups is 2. The molecule has 36 heavy (non-hydrogen) atoms. The van der Waals surface area contributed by atoms with Crippen LogP contribution in [0.25, 0.3) is 32.4 Å². The summed E-state index contributed by atoms with van der Waals surface area (Å²) < 4.78 is 6.78. The lowest BCUT2D eigenvalue weighted by atomic mass is 10.1. The summed E-state index contributed by atoms with van der Waals surface area (Å²) in [6, 6.07) is 14.4. The first-order valence-corrected chi connectivity index (χ1v) is 11.9. The Labute approximate surface area is 209 Å². The van der Waals surface area contributed by atoms with Crippen LogP contribution in [0.4, 0.5) is 5.69 Å². The summed E-state index contributed by atoms with van der Waals surface area (Å²) in [7, 11) is 0. The van der Waals surface area contributed by atoms with E-state index in [1.165, 1.54) is 29.2 Å². The average Bonchev–Trinajstić information content (AvgIpc) is 3.46. The summed E-state index contributed by atoms with van der Waals surface area (Å²) in [5.41, 5.74) is 3.17. The van der Waals surface area contributed by atoms with E-state index in [9.17, 15) is 14.4 Å². The molecular weight excluding hydrogens is 478 g/mol. The number of carbonyl (C=O) groups excluding carboxylic acids is 2. The van der Waals surface area contributed by atoms with E-state index >= 15 is 0 Å². The Morgan fingerprint density at radius 1 is 1.11 bits per heavy atom. The SMILES string of the molecule is CC(=O)c1cccc(NC(=O)Cn2cnc3sc(-c4nc(-c5ccccc5C)no4)c(C)c3c2=O)c1. The predicted octanol–water partition coefficient (Wildman–Crippen LogP) is 4.63. The second-order valence-corrected chi connectivity index (χ2v) is 9.34. The van der Waals surface area contributed by atoms with Crippen molar-refractivity contribution in [1.82, 2.24) is 19.7 Å². The number of rotatable bonds is 6. The average molecular weight is 500 g/mol. The summed E-state index contributed by atoms with van der Waals surface area (Å²) in [4.78, 5) is 47.6. The zero-order valence-corrected chi connectivity index (χ0v) is 20.5. The van der Waals surface area contributed by atoms with Crippen LogP contribution in [0.15, 0.2) is 64.2 Å². The molecule has 3 heterocycles. The van der Waals surface area contributed by atoms with Crippen molar-refractivity contribution in [2.75, 3.05) is 5.32 Å². The van der Waals surface area contributed by atoms with Gasteiger partial charge in [-0.05, 0) is 44.0 Å². The zero-order chi connectivity index (χ0) is 25.4. The standard InChI is InChI=1S/C26H21N5O4S/c1-14-7-4-5-10-19(14)23-29-24(35-30-23)22-15(2)21-25(36-22)27-13-31(26(21)34)12-20(33)28-18-9-6-8-17(11-18)16(3)32/h4-11,13H,12H2,1-3H3,(H,28,33). The minimum absolute atomic E-state index is 0.104. The van der Waals surface area contributed by atoms with Crippen molar-refractivity contribution >= 4 is 38.9 Å². The van der Waals surface area contributed by atoms with Crippen LogP contribution in [0.5, 0.6) is 0 Å². The molecule has 3 aromatic heterocycles. The molecule has 0 saturated carbocycles. The second-order valence-electron chi connectivity index (χ2n) is 8.34. The molecule has 9 nitrogen and oxygen atoms in total. The second kappa shape index (κ2) is 9.31. The van der Waals surface area contributed by atoms with Crippen molar-refractivity contribution in [2.45, 2.75) is 27.3 Å². The van der Waals surface area contributed by atoms with E-state index in [0.717, 1.165) is 11.1 Å². The minimum Gasteiger partial charge on any atom is -0.333 e. The van der Waals surface area contributed by atoms with Gasteiger partial charge in [-0.15, -0.1) is 11.3 Å². The minimum atomic E-state index is -0.410. The fraction of sp³-hybridized carbons (Fsp3) is 0.154. The third kappa shape index (κ3) is 4.34. The van der Waals surface area contributed by atoms with E-state index in [2.05, 4.69) is 20.4 Å². The molecule has 180 valence electrons. The van der Waals surface area contributed by atoms with Crippen LogP contribution in [0, 0.1) is 13.8 Å². The topological polar surface area (TPSA) is 120 Å². The van der Waals surface area contributed by atoms with Gasteiger partial charge >= 0.3 is 0 Å². The van der Waals surface area contributed by atoms with Crippen molar-refractivity contribution in [3.05, 3.63) is 81.9 Å². The first kappa shape index (κ1) is 23.3. The van der Waals surface area contributed by atoms with Gasteiger partial charge in [0.25, 0.3) is 11.4 Å². The molecule has 5 aromatic rings. The highest BCUT2D eigenvalue weighted by Gasteiger charge is 2.21. The lowest BCUT2D eigenvalue weighted by Crippen LogP contribution is -2.27. The fourth-order valence-electron chi connectivity index (χ4n) is 3.90. The van der Waals surface area contributed by atoms with Gasteiger partial charge in [-0.3, -0.25) is 19.0 Å². The third-order valence-electron chi connectivity index (χ3n) is 5.79. The largest absolute Gasteiger partial charge is 0.333 e. The molecule has 10 heteroatoms. The number of thiophene rings is 1. The highest BCUT2D eigenvalue weighted by molar-refractivity contribution is 7.22. The summed E-state index contributed by atoms with van der Waals surface area (Å²) in [5.74, 6) is 0.262. The van der Waals surface area contributed by atoms with Gasteiger partial charge in [-0.2, -0.15) is 4.98 Å². The molecule has 0 atom stereocenters. The molecule has 0 radical (unpaired) electrons. The first-order chi connectivity index (χ1) is 17.3. The van der Waals surface area contributed by atoms with Gasteiger partial charge in [-0.1, -0.05) is 41.6 Å². The number of anilines is 1. The predicted molar refractivity (Wildman–Crippen MR) is 137 cm³/mol. The lowest BCUT2D eigenvalue weighted by Gasteiger charge is -2.08. The molecule has 0 aliphatic carbocycles. The molecule has 2 aromatic carbocycles. The zero-order valence-electron chi connectivity index (χ0n) is 19.7. The first-order valence-electron chi connectivity index (χ1n) is 11.1. The molecule has 1 N–H and O–H groups in total. The molecular formula is C26H21N5O4S. The number of amides is 1. The quantitative estimate of drug-likeness (QED) is 0.338. The van der Waals surface area contributed by atoms with E-state index < -0.39 is 5.91 Å². The van der Waals surface area contributed by atoms with E-state index in [1.807, 2.05) is 31.2 Å². The Morgan fingerprint density at radius 2 is 1.92 bits per heavy atom. The van der Waals surface area contributed by atoms with Gasteiger partial charge < -0.3 is 9.84 Å². The number of nitrogens with one attached hydrogen (secondary N) is 1. The van der Waals surface area contributed by atoms with Gasteiger partial charge in [0.05, 0.1) is 16.6 Å². The van der Waals surface area contributed by atoms with Gasteiger partial charge in [0.1, 0.15) is 11.4 Å². The highest BCUT2D eigenvalue weighted by Crippen LogP contribution is 2.35. The van der Waals surface area contributed by atoms with Crippen LogP contribution in [-0.2, 0) is 11.3 Å². The summed E-state index contributed by atoms with van der Waals surface area (Å²) in [6.07, 6.45) is 1.35. The number of fused-ring (bicyclic) bond motifs is 1. The Morgan fingerprint density at radius 3 is 2.69 bits per heavy atom. The normalized spacial score (nSPS) is 11.1. The van der Waals surface area contributed by atoms with Crippen LogP contribution in [0.1, 0.15) is 28.4 Å². The molecule has 0 aliphatic heterocycles. The van der Waals surface area contributed by atoms with Gasteiger partial charge in [0, 0.05) is 16.8 Å². The third-order valence-corrected chi connectivity index (χ3v) is 6.98. The Hall–Kier alpha value is -4.44. The summed E-state index contributed by atoms with van der Waals surface area (Å²) in [6.45, 7) is 5.00. The van der Waals surface area contributed by atoms with Crippen LogP contribution in [0.3, 0.4) is 0 Å². The molecule has 0 unspecified atom stereocenters. The van der Waals surface area contributed by atoms with Crippen molar-refractivity contribution in [3.63, 3.8) is 0 Å². The van der Waals surface area contributed by atoms with Crippen molar-refractivity contribution in [1.29, 1.82) is 0 Å². The van der Waals surface area contributed by atoms with E-state index in [1.54, 1.807) is 31.2 Å². The Kier molecular flexibility index (Phi) is 6.03. The number of Topliss-reactive ketones (excluding diaryl/α,β-unsaturated/α-hetero) is 1. The van der Waals surface area contributed by atoms with E-state index in [4.69, 9.17) is 4.52 Å². The van der Waals surface area contributed by atoms with Crippen molar-refractivity contribution in [3.8, 4) is 22.2 Å². The number of benzene rings is 2. The molecule has 0 spiro atoms. The van der Waals surface area contributed by atoms with Crippen molar-refractivity contribution < 1.29 is 14.1 Å². The van der Waals surface area contributed by atoms with Gasteiger partial charge in [0.2, 0.25) is 11.7 Å². The number of aromatic nitrogens is 4. The van der Waals surface area contributed by atoms with E-state index in [-0.39, 0.29) is 17.9 Å². The number of nitrogens with zero attached hydrogens (tertiary/aromatic N) is 4. The molecule has 0 bridgehead atoms. The molecule has 5 rings (SSSR count). The highest BCUT2D eigenvalue weighted by atomic mass is 32.1. The van der Waals surface area contributed by atoms with E-state index in [0.29, 0.717) is 43.6 Å². The Balaban J connectivity index is 1.43. The maximum Gasteiger partial charge on any atom is 0.268 e. The maximum atomic E-state index is 13.2. The number of hydrogen-bond donors (Lipinski definition) is 1. The monoisotopic (exact) mass is 499 g/mol. The van der Waals surface area contributed by atoms with Crippen LogP contribution >= 0.6 is 11.3 Å². The van der Waals surface area contributed by atoms with Crippen LogP contribution in [-0.4, -0.2) is 31.4 Å². The Bertz CT molecular complexity index is 1700. The van der Waals surface area contributed by atoms with Gasteiger partial charge in [0.15, 0.2) is 5.78 Å². The van der Waals surface area contributed by atoms with Crippen LogP contribution in [0.2, 0.25) is 0 Å². The van der Waals surface area contributed by atoms with Crippen LogP contribution < -0.4 is 10.9 Å². The fourth-order valence-corrected chi connectivity index (χ4v) is 4.96. The molecule has 0 saturated heterocycles. The smallest absolute Gasteiger partial charge is 0.268 e. The van der Waals surface area contributed by atoms with Crippen molar-refractivity contribution in [2.24, 2.45) is 0 Å². The molecule has 1 amide bonds. The number of aryl methyl sites for hydroxylation is 2. The summed E-state index contributed by atoms with van der Waals surface area (Å²) in [5, 5.41) is 7.24. The summed E-state index contributed by atoms with van der Waals surface area (Å²) >= 11 is 1.29. The lowest BCUT2D eigenvalue weighted by molar-refractivity contribution is -0.116. The van der Waals surface area contributed by atoms with Gasteiger partial charge in [-0.25, -0.2) is 4.98 Å².